The molecule has 1 saturated heterocycles. The number of nitrogens with one attached hydrogen (secondary N) is 3. The number of rotatable bonds is 15. The first-order valence-electron chi connectivity index (χ1n) is 14.1. The summed E-state index contributed by atoms with van der Waals surface area (Å²) >= 11 is 4.08. The van der Waals surface area contributed by atoms with Gasteiger partial charge < -0.3 is 54.2 Å². The molecule has 19 heteroatoms. The van der Waals surface area contributed by atoms with Crippen LogP contribution in [0, 0.1) is 0 Å². The van der Waals surface area contributed by atoms with Crippen molar-refractivity contribution in [3.63, 3.8) is 0 Å². The minimum Gasteiger partial charge on any atom is -0.463 e. The fourth-order valence-corrected chi connectivity index (χ4v) is 4.16. The summed E-state index contributed by atoms with van der Waals surface area (Å²) in [5.41, 5.74) is -0.855. The van der Waals surface area contributed by atoms with Crippen molar-refractivity contribution in [1.29, 1.82) is 0 Å². The van der Waals surface area contributed by atoms with Crippen molar-refractivity contribution in [1.82, 2.24) is 16.0 Å². The Labute approximate surface area is 271 Å². The van der Waals surface area contributed by atoms with Crippen molar-refractivity contribution in [2.24, 2.45) is 0 Å². The highest BCUT2D eigenvalue weighted by Gasteiger charge is 2.52. The molecule has 7 atom stereocenters. The van der Waals surface area contributed by atoms with Crippen molar-refractivity contribution in [3.05, 3.63) is 0 Å². The number of carbonyl (C=O) groups excluding carboxylic acids is 7. The van der Waals surface area contributed by atoms with E-state index in [2.05, 4.69) is 28.6 Å². The van der Waals surface area contributed by atoms with Crippen molar-refractivity contribution >= 4 is 54.4 Å². The molecule has 0 aromatic carbocycles. The van der Waals surface area contributed by atoms with E-state index in [1.165, 1.54) is 0 Å². The summed E-state index contributed by atoms with van der Waals surface area (Å²) in [5.74, 6) is -4.86. The lowest BCUT2D eigenvalue weighted by atomic mass is 9.98. The van der Waals surface area contributed by atoms with Gasteiger partial charge in [0.1, 0.15) is 30.4 Å². The summed E-state index contributed by atoms with van der Waals surface area (Å²) in [4.78, 5) is 84.5. The van der Waals surface area contributed by atoms with Gasteiger partial charge in [0.2, 0.25) is 11.8 Å². The number of hydrogen-bond donors (Lipinski definition) is 5. The van der Waals surface area contributed by atoms with Gasteiger partial charge in [-0.15, -0.1) is 0 Å². The van der Waals surface area contributed by atoms with E-state index >= 15 is 0 Å². The zero-order chi connectivity index (χ0) is 35.2. The number of carbonyl (C=O) groups is 7. The SMILES string of the molecule is CC(=O)OCC1O[C@H](OCCNC(=O)[C@H](CS)NC(=O)[C@H](CO)NC(=O)OC(C)(C)C)C(OC(C)=O)C(OC(C)=O)[C@@H]1OC(C)=O. The number of amides is 3. The molecule has 1 heterocycles. The maximum atomic E-state index is 12.8. The molecule has 0 aromatic rings. The molecule has 0 aromatic heterocycles. The second kappa shape index (κ2) is 19.1. The first kappa shape index (κ1) is 40.3. The van der Waals surface area contributed by atoms with Crippen LogP contribution in [0.4, 0.5) is 4.79 Å². The van der Waals surface area contributed by atoms with Crippen LogP contribution in [0.3, 0.4) is 0 Å². The van der Waals surface area contributed by atoms with Crippen LogP contribution in [0.1, 0.15) is 48.5 Å². The number of alkyl carbamates (subject to hydrolysis) is 1. The first-order chi connectivity index (χ1) is 21.4. The predicted molar refractivity (Wildman–Crippen MR) is 157 cm³/mol. The van der Waals surface area contributed by atoms with E-state index in [9.17, 15) is 38.7 Å². The summed E-state index contributed by atoms with van der Waals surface area (Å²) in [6.07, 6.45) is -7.88. The molecule has 3 amide bonds. The Bertz CT molecular complexity index is 1100. The third-order valence-electron chi connectivity index (χ3n) is 5.64. The van der Waals surface area contributed by atoms with Gasteiger partial charge in [0.05, 0.1) is 13.2 Å². The van der Waals surface area contributed by atoms with Gasteiger partial charge in [-0.05, 0) is 20.8 Å². The van der Waals surface area contributed by atoms with Crippen LogP contribution in [0.15, 0.2) is 0 Å². The molecule has 1 aliphatic rings. The van der Waals surface area contributed by atoms with Crippen LogP contribution >= 0.6 is 12.6 Å². The van der Waals surface area contributed by atoms with Crippen molar-refractivity contribution in [2.75, 3.05) is 32.1 Å². The van der Waals surface area contributed by atoms with E-state index in [-0.39, 0.29) is 18.9 Å². The summed E-state index contributed by atoms with van der Waals surface area (Å²) in [6.45, 7) is 7.50. The number of thiol groups is 1. The highest BCUT2D eigenvalue weighted by molar-refractivity contribution is 7.80. The fourth-order valence-electron chi connectivity index (χ4n) is 3.91. The van der Waals surface area contributed by atoms with Gasteiger partial charge in [-0.1, -0.05) is 0 Å². The van der Waals surface area contributed by atoms with Gasteiger partial charge in [-0.25, -0.2) is 4.79 Å². The average molecular weight is 682 g/mol. The van der Waals surface area contributed by atoms with Gasteiger partial charge in [-0.3, -0.25) is 28.8 Å². The number of esters is 4. The quantitative estimate of drug-likeness (QED) is 0.0572. The Hall–Kier alpha value is -3.68. The van der Waals surface area contributed by atoms with Crippen LogP contribution in [-0.2, 0) is 61.9 Å². The molecule has 1 aliphatic heterocycles. The zero-order valence-electron chi connectivity index (χ0n) is 26.7. The van der Waals surface area contributed by atoms with Gasteiger partial charge in [-0.2, -0.15) is 12.6 Å². The Morgan fingerprint density at radius 1 is 0.804 bits per heavy atom. The Kier molecular flexibility index (Phi) is 16.7. The minimum absolute atomic E-state index is 0.164. The molecule has 0 saturated carbocycles. The largest absolute Gasteiger partial charge is 0.463 e. The predicted octanol–water partition coefficient (Wildman–Crippen LogP) is -1.50. The molecule has 4 N–H and O–H groups in total. The van der Waals surface area contributed by atoms with Crippen molar-refractivity contribution in [2.45, 2.75) is 96.9 Å². The molecule has 18 nitrogen and oxygen atoms in total. The van der Waals surface area contributed by atoms with E-state index in [0.29, 0.717) is 0 Å². The minimum atomic E-state index is -1.46. The third kappa shape index (κ3) is 14.6. The number of hydrogen-bond acceptors (Lipinski definition) is 16. The van der Waals surface area contributed by atoms with Crippen LogP contribution in [-0.4, -0.2) is 127 Å². The van der Waals surface area contributed by atoms with Gasteiger partial charge in [0.15, 0.2) is 24.6 Å². The third-order valence-corrected chi connectivity index (χ3v) is 6.00. The Morgan fingerprint density at radius 3 is 1.87 bits per heavy atom. The lowest BCUT2D eigenvalue weighted by Gasteiger charge is -2.44. The lowest BCUT2D eigenvalue weighted by molar-refractivity contribution is -0.307. The Balaban J connectivity index is 2.96. The summed E-state index contributed by atoms with van der Waals surface area (Å²) in [6, 6.07) is -2.62. The standard InChI is InChI=1S/C27H43N3O15S/c1-13(32)40-11-19-20(41-14(2)33)21(42-15(3)34)22(43-16(4)35)25(44-19)39-9-8-28-23(36)18(12-46)29-24(37)17(10-31)30-26(38)45-27(5,6)7/h17-22,25,31,46H,8-12H2,1-7H3,(H,28,36)(H,29,37)(H,30,38)/t17-,18-,19?,20+,21?,22?,25-/m0/s1. The monoisotopic (exact) mass is 681 g/mol. The molecular weight excluding hydrogens is 638 g/mol. The van der Waals surface area contributed by atoms with Crippen molar-refractivity contribution in [3.8, 4) is 0 Å². The molecule has 0 bridgehead atoms. The molecule has 3 unspecified atom stereocenters. The van der Waals surface area contributed by atoms with Crippen LogP contribution in [0.25, 0.3) is 0 Å². The number of ether oxygens (including phenoxy) is 7. The molecule has 0 radical (unpaired) electrons. The summed E-state index contributed by atoms with van der Waals surface area (Å²) in [5, 5.41) is 16.6. The van der Waals surface area contributed by atoms with E-state index in [0.717, 1.165) is 27.7 Å². The molecule has 0 aliphatic carbocycles. The smallest absolute Gasteiger partial charge is 0.408 e. The molecule has 1 fully saturated rings. The molecule has 0 spiro atoms. The van der Waals surface area contributed by atoms with Crippen molar-refractivity contribution < 1.29 is 71.8 Å². The summed E-state index contributed by atoms with van der Waals surface area (Å²) in [7, 11) is 0. The van der Waals surface area contributed by atoms with Gasteiger partial charge in [0, 0.05) is 40.0 Å². The number of aliphatic hydroxyl groups is 1. The van der Waals surface area contributed by atoms with Gasteiger partial charge >= 0.3 is 30.0 Å². The second-order valence-corrected chi connectivity index (χ2v) is 11.2. The number of aliphatic hydroxyl groups excluding tert-OH is 1. The molecule has 46 heavy (non-hydrogen) atoms. The molecular formula is C27H43N3O15S. The van der Waals surface area contributed by atoms with Gasteiger partial charge in [0.25, 0.3) is 0 Å². The molecule has 1 rings (SSSR count). The van der Waals surface area contributed by atoms with Crippen LogP contribution < -0.4 is 16.0 Å². The lowest BCUT2D eigenvalue weighted by Crippen LogP contribution is -2.63. The zero-order valence-corrected chi connectivity index (χ0v) is 27.6. The van der Waals surface area contributed by atoms with E-state index in [1.807, 2.05) is 0 Å². The molecule has 262 valence electrons. The second-order valence-electron chi connectivity index (χ2n) is 10.9. The normalized spacial score (nSPS) is 22.2. The van der Waals surface area contributed by atoms with E-state index < -0.39 is 103 Å². The first-order valence-corrected chi connectivity index (χ1v) is 14.7. The highest BCUT2D eigenvalue weighted by Crippen LogP contribution is 2.30. The van der Waals surface area contributed by atoms with E-state index in [1.54, 1.807) is 20.8 Å². The Morgan fingerprint density at radius 2 is 1.37 bits per heavy atom. The highest BCUT2D eigenvalue weighted by atomic mass is 32.1. The maximum Gasteiger partial charge on any atom is 0.408 e. The van der Waals surface area contributed by atoms with Crippen LogP contribution in [0.2, 0.25) is 0 Å². The van der Waals surface area contributed by atoms with Crippen LogP contribution in [0.5, 0.6) is 0 Å². The summed E-state index contributed by atoms with van der Waals surface area (Å²) < 4.78 is 37.5. The topological polar surface area (TPSA) is 240 Å². The maximum absolute atomic E-state index is 12.8. The van der Waals surface area contributed by atoms with E-state index in [4.69, 9.17) is 33.2 Å². The fraction of sp³-hybridized carbons (Fsp3) is 0.741. The average Bonchev–Trinajstić information content (AvgIpc) is 2.92.